The lowest BCUT2D eigenvalue weighted by Crippen LogP contribution is -2.35. The number of benzene rings is 2. The largest absolute Gasteiger partial charge is 0.493 e. The Kier molecular flexibility index (Phi) is 8.83. The fourth-order valence-electron chi connectivity index (χ4n) is 4.05. The summed E-state index contributed by atoms with van der Waals surface area (Å²) in [5.41, 5.74) is 3.35. The first-order chi connectivity index (χ1) is 15.9. The maximum atomic E-state index is 12.8. The van der Waals surface area contributed by atoms with Crippen LogP contribution in [0, 0.1) is 0 Å². The van der Waals surface area contributed by atoms with E-state index in [1.165, 1.54) is 0 Å². The van der Waals surface area contributed by atoms with Crippen LogP contribution in [-0.2, 0) is 17.6 Å². The van der Waals surface area contributed by atoms with Gasteiger partial charge in [-0.1, -0.05) is 0 Å². The van der Waals surface area contributed by atoms with Gasteiger partial charge in [-0.05, 0) is 74.0 Å². The fraction of sp³-hybridized carbons (Fsp3) is 0.500. The van der Waals surface area contributed by atoms with Crippen molar-refractivity contribution < 1.29 is 19.0 Å². The molecule has 0 aliphatic carbocycles. The van der Waals surface area contributed by atoms with Crippen molar-refractivity contribution in [2.75, 3.05) is 73.0 Å². The van der Waals surface area contributed by atoms with E-state index in [4.69, 9.17) is 14.2 Å². The van der Waals surface area contributed by atoms with E-state index in [1.54, 1.807) is 14.2 Å². The Bertz CT molecular complexity index is 914. The third-order valence-electron chi connectivity index (χ3n) is 6.11. The molecule has 7 heteroatoms. The highest BCUT2D eigenvalue weighted by atomic mass is 16.5. The topological polar surface area (TPSA) is 54.5 Å². The lowest BCUT2D eigenvalue weighted by Gasteiger charge is -2.23. The number of methoxy groups -OCH3 is 2. The van der Waals surface area contributed by atoms with Crippen LogP contribution in [0.5, 0.6) is 17.2 Å². The Morgan fingerprint density at radius 1 is 0.939 bits per heavy atom. The smallest absolute Gasteiger partial charge is 0.227 e. The molecule has 0 atom stereocenters. The summed E-state index contributed by atoms with van der Waals surface area (Å²) in [5.74, 6) is 2.45. The van der Waals surface area contributed by atoms with Crippen molar-refractivity contribution in [3.8, 4) is 17.2 Å². The number of fused-ring (bicyclic) bond motifs is 1. The van der Waals surface area contributed by atoms with E-state index >= 15 is 0 Å². The summed E-state index contributed by atoms with van der Waals surface area (Å²) in [5, 5.41) is 0. The molecule has 1 amide bonds. The Labute approximate surface area is 197 Å². The van der Waals surface area contributed by atoms with E-state index in [2.05, 4.69) is 29.0 Å². The highest BCUT2D eigenvalue weighted by Gasteiger charge is 2.22. The number of carbonyl (C=O) groups excluding carboxylic acids is 1. The Hall–Kier alpha value is -2.93. The molecule has 33 heavy (non-hydrogen) atoms. The Balaban J connectivity index is 1.41. The number of carbonyl (C=O) groups is 1. The summed E-state index contributed by atoms with van der Waals surface area (Å²) >= 11 is 0. The van der Waals surface area contributed by atoms with E-state index in [0.717, 1.165) is 67.3 Å². The zero-order valence-corrected chi connectivity index (χ0v) is 20.6. The predicted octanol–water partition coefficient (Wildman–Crippen LogP) is 3.10. The van der Waals surface area contributed by atoms with Gasteiger partial charge in [-0.2, -0.15) is 0 Å². The van der Waals surface area contributed by atoms with Crippen molar-refractivity contribution in [3.63, 3.8) is 0 Å². The van der Waals surface area contributed by atoms with Crippen LogP contribution in [0.4, 0.5) is 5.69 Å². The van der Waals surface area contributed by atoms with Gasteiger partial charge < -0.3 is 28.9 Å². The number of hydrogen-bond donors (Lipinski definition) is 0. The van der Waals surface area contributed by atoms with E-state index in [-0.39, 0.29) is 5.91 Å². The molecule has 0 saturated heterocycles. The Morgan fingerprint density at radius 2 is 1.61 bits per heavy atom. The summed E-state index contributed by atoms with van der Waals surface area (Å²) in [7, 11) is 9.41. The first kappa shape index (κ1) is 24.7. The second kappa shape index (κ2) is 11.8. The van der Waals surface area contributed by atoms with Crippen molar-refractivity contribution in [3.05, 3.63) is 47.5 Å². The third kappa shape index (κ3) is 6.78. The van der Waals surface area contributed by atoms with E-state index < -0.39 is 0 Å². The first-order valence-corrected chi connectivity index (χ1v) is 11.5. The third-order valence-corrected chi connectivity index (χ3v) is 6.11. The lowest BCUT2D eigenvalue weighted by molar-refractivity contribution is -0.130. The molecular weight excluding hydrogens is 418 g/mol. The SMILES string of the molecule is COc1cc2c(cc1OC)CC(=O)N(CCCN(C)CCOc1ccc(N(C)C)cc1)CC2. The molecule has 1 aliphatic rings. The van der Waals surface area contributed by atoms with Gasteiger partial charge in [0.1, 0.15) is 12.4 Å². The molecule has 1 heterocycles. The van der Waals surface area contributed by atoms with Crippen LogP contribution in [0.2, 0.25) is 0 Å². The minimum absolute atomic E-state index is 0.174. The van der Waals surface area contributed by atoms with Gasteiger partial charge in [-0.3, -0.25) is 4.79 Å². The summed E-state index contributed by atoms with van der Waals surface area (Å²) in [4.78, 5) is 19.1. The summed E-state index contributed by atoms with van der Waals surface area (Å²) in [6, 6.07) is 12.1. The number of ether oxygens (including phenoxy) is 3. The maximum absolute atomic E-state index is 12.8. The molecule has 0 unspecified atom stereocenters. The van der Waals surface area contributed by atoms with Gasteiger partial charge in [-0.25, -0.2) is 0 Å². The molecule has 0 aromatic heterocycles. The minimum Gasteiger partial charge on any atom is -0.493 e. The number of amides is 1. The second-order valence-corrected chi connectivity index (χ2v) is 8.68. The standard InChI is InChI=1S/C26H37N3O4/c1-27(2)22-7-9-23(10-8-22)33-16-15-28(3)12-6-13-29-14-11-20-17-24(31-4)25(32-5)18-21(20)19-26(29)30/h7-10,17-18H,6,11-16,19H2,1-5H3. The predicted molar refractivity (Wildman–Crippen MR) is 132 cm³/mol. The monoisotopic (exact) mass is 455 g/mol. The molecule has 2 aromatic rings. The van der Waals surface area contributed by atoms with Crippen molar-refractivity contribution in [2.45, 2.75) is 19.3 Å². The highest BCUT2D eigenvalue weighted by molar-refractivity contribution is 5.80. The molecular formula is C26H37N3O4. The molecule has 1 aliphatic heterocycles. The summed E-state index contributed by atoms with van der Waals surface area (Å²) in [6.07, 6.45) is 2.17. The van der Waals surface area contributed by atoms with E-state index in [0.29, 0.717) is 18.8 Å². The number of hydrogen-bond acceptors (Lipinski definition) is 6. The molecule has 0 radical (unpaired) electrons. The average molecular weight is 456 g/mol. The maximum Gasteiger partial charge on any atom is 0.227 e. The molecule has 2 aromatic carbocycles. The van der Waals surface area contributed by atoms with Crippen LogP contribution in [0.1, 0.15) is 17.5 Å². The molecule has 0 bridgehead atoms. The van der Waals surface area contributed by atoms with Gasteiger partial charge in [-0.15, -0.1) is 0 Å². The fourth-order valence-corrected chi connectivity index (χ4v) is 4.05. The van der Waals surface area contributed by atoms with Crippen molar-refractivity contribution >= 4 is 11.6 Å². The van der Waals surface area contributed by atoms with Gasteiger partial charge in [0.2, 0.25) is 5.91 Å². The van der Waals surface area contributed by atoms with Gasteiger partial charge in [0.25, 0.3) is 0 Å². The number of likely N-dealkylation sites (N-methyl/N-ethyl adjacent to an activating group) is 1. The van der Waals surface area contributed by atoms with Crippen LogP contribution >= 0.6 is 0 Å². The van der Waals surface area contributed by atoms with Gasteiger partial charge >= 0.3 is 0 Å². The molecule has 0 N–H and O–H groups in total. The van der Waals surface area contributed by atoms with Crippen LogP contribution in [0.3, 0.4) is 0 Å². The zero-order chi connectivity index (χ0) is 23.8. The first-order valence-electron chi connectivity index (χ1n) is 11.5. The van der Waals surface area contributed by atoms with Crippen molar-refractivity contribution in [1.29, 1.82) is 0 Å². The Morgan fingerprint density at radius 3 is 2.24 bits per heavy atom. The van der Waals surface area contributed by atoms with E-state index in [9.17, 15) is 4.79 Å². The van der Waals surface area contributed by atoms with Crippen LogP contribution in [-0.4, -0.2) is 83.9 Å². The van der Waals surface area contributed by atoms with Crippen LogP contribution < -0.4 is 19.1 Å². The minimum atomic E-state index is 0.174. The van der Waals surface area contributed by atoms with Gasteiger partial charge in [0.05, 0.1) is 20.6 Å². The molecule has 0 spiro atoms. The number of anilines is 1. The average Bonchev–Trinajstić information content (AvgIpc) is 2.96. The number of rotatable bonds is 11. The molecule has 0 fully saturated rings. The van der Waals surface area contributed by atoms with Crippen LogP contribution in [0.15, 0.2) is 36.4 Å². The molecule has 0 saturated carbocycles. The molecule has 3 rings (SSSR count). The van der Waals surface area contributed by atoms with Crippen LogP contribution in [0.25, 0.3) is 0 Å². The van der Waals surface area contributed by atoms with Gasteiger partial charge in [0, 0.05) is 39.4 Å². The van der Waals surface area contributed by atoms with Crippen molar-refractivity contribution in [2.24, 2.45) is 0 Å². The summed E-state index contributed by atoms with van der Waals surface area (Å²) in [6.45, 7) is 3.89. The highest BCUT2D eigenvalue weighted by Crippen LogP contribution is 2.32. The van der Waals surface area contributed by atoms with Crippen molar-refractivity contribution in [1.82, 2.24) is 9.80 Å². The molecule has 7 nitrogen and oxygen atoms in total. The normalized spacial score (nSPS) is 13.5. The molecule has 180 valence electrons. The lowest BCUT2D eigenvalue weighted by atomic mass is 10.0. The summed E-state index contributed by atoms with van der Waals surface area (Å²) < 4.78 is 16.7. The van der Waals surface area contributed by atoms with E-state index in [1.807, 2.05) is 43.3 Å². The second-order valence-electron chi connectivity index (χ2n) is 8.68. The quantitative estimate of drug-likeness (QED) is 0.519. The van der Waals surface area contributed by atoms with Gasteiger partial charge in [0.15, 0.2) is 11.5 Å². The number of nitrogens with zero attached hydrogens (tertiary/aromatic N) is 3. The zero-order valence-electron chi connectivity index (χ0n) is 20.6.